The van der Waals surface area contributed by atoms with Crippen LogP contribution in [0.5, 0.6) is 0 Å². The minimum Gasteiger partial charge on any atom is -0.462 e. The summed E-state index contributed by atoms with van der Waals surface area (Å²) in [7, 11) is 0. The van der Waals surface area contributed by atoms with E-state index < -0.39 is 6.10 Å². The molecule has 178 valence electrons. The van der Waals surface area contributed by atoms with Crippen molar-refractivity contribution in [1.82, 2.24) is 0 Å². The fourth-order valence-electron chi connectivity index (χ4n) is 3.43. The zero-order valence-corrected chi connectivity index (χ0v) is 19.8. The summed E-state index contributed by atoms with van der Waals surface area (Å²) < 4.78 is 10.3. The number of hydrogen-bond acceptors (Lipinski definition) is 5. The third-order valence-corrected chi connectivity index (χ3v) is 5.40. The summed E-state index contributed by atoms with van der Waals surface area (Å²) in [5.74, 6) is -0.617. The van der Waals surface area contributed by atoms with Crippen LogP contribution in [0.15, 0.2) is 0 Å². The monoisotopic (exact) mass is 428 g/mol. The minimum absolute atomic E-state index is 0.0637. The summed E-state index contributed by atoms with van der Waals surface area (Å²) in [6.07, 6.45) is 19.2. The molecule has 5 nitrogen and oxygen atoms in total. The van der Waals surface area contributed by atoms with Crippen molar-refractivity contribution >= 4 is 11.9 Å². The van der Waals surface area contributed by atoms with Crippen molar-refractivity contribution in [2.75, 3.05) is 13.2 Å². The van der Waals surface area contributed by atoms with E-state index in [0.29, 0.717) is 12.8 Å². The number of aliphatic hydroxyl groups excluding tert-OH is 1. The zero-order chi connectivity index (χ0) is 22.3. The molecule has 1 atom stereocenters. The van der Waals surface area contributed by atoms with Gasteiger partial charge in [0.05, 0.1) is 6.61 Å². The smallest absolute Gasteiger partial charge is 0.306 e. The molecule has 0 saturated carbocycles. The van der Waals surface area contributed by atoms with Crippen LogP contribution < -0.4 is 0 Å². The normalized spacial score (nSPS) is 12.0. The van der Waals surface area contributed by atoms with Crippen molar-refractivity contribution in [1.29, 1.82) is 0 Å². The van der Waals surface area contributed by atoms with Gasteiger partial charge in [-0.15, -0.1) is 0 Å². The molecule has 0 aromatic rings. The number of aliphatic hydroxyl groups is 1. The van der Waals surface area contributed by atoms with E-state index in [1.807, 2.05) is 0 Å². The van der Waals surface area contributed by atoms with Crippen LogP contribution in [-0.2, 0) is 19.1 Å². The second kappa shape index (κ2) is 22.6. The Hall–Kier alpha value is -1.10. The highest BCUT2D eigenvalue weighted by molar-refractivity contribution is 5.70. The van der Waals surface area contributed by atoms with Crippen LogP contribution in [0.3, 0.4) is 0 Å². The van der Waals surface area contributed by atoms with Crippen LogP contribution in [0.2, 0.25) is 0 Å². The van der Waals surface area contributed by atoms with E-state index in [1.165, 1.54) is 64.2 Å². The molecule has 30 heavy (non-hydrogen) atoms. The number of ether oxygens (including phenoxy) is 2. The molecule has 1 N–H and O–H groups in total. The Kier molecular flexibility index (Phi) is 21.8. The predicted octanol–water partition coefficient (Wildman–Crippen LogP) is 6.50. The summed E-state index contributed by atoms with van der Waals surface area (Å²) >= 11 is 0. The van der Waals surface area contributed by atoms with E-state index in [9.17, 15) is 14.7 Å². The number of carbonyl (C=O) groups is 2. The highest BCUT2D eigenvalue weighted by Crippen LogP contribution is 2.13. The molecule has 0 aliphatic rings. The van der Waals surface area contributed by atoms with Gasteiger partial charge >= 0.3 is 11.9 Å². The molecule has 0 aliphatic carbocycles. The van der Waals surface area contributed by atoms with Gasteiger partial charge < -0.3 is 14.6 Å². The number of hydrogen-bond donors (Lipinski definition) is 1. The van der Waals surface area contributed by atoms with E-state index in [4.69, 9.17) is 9.47 Å². The lowest BCUT2D eigenvalue weighted by Crippen LogP contribution is -2.28. The molecule has 0 rings (SSSR count). The van der Waals surface area contributed by atoms with Crippen molar-refractivity contribution in [2.24, 2.45) is 0 Å². The van der Waals surface area contributed by atoms with Gasteiger partial charge in [0.2, 0.25) is 0 Å². The predicted molar refractivity (Wildman–Crippen MR) is 122 cm³/mol. The molecule has 1 unspecified atom stereocenters. The summed E-state index contributed by atoms with van der Waals surface area (Å²) in [5.41, 5.74) is 0. The standard InChI is InChI=1S/C25H48O5/c1-3-5-7-8-9-10-11-12-13-14-15-16-18-20-25(28)30-23(21-26)22-29-24(27)19-17-6-4-2/h23,26H,3-22H2,1-2H3. The Morgan fingerprint density at radius 3 is 1.53 bits per heavy atom. The molecule has 0 bridgehead atoms. The first-order chi connectivity index (χ1) is 14.6. The number of esters is 2. The zero-order valence-electron chi connectivity index (χ0n) is 19.8. The van der Waals surface area contributed by atoms with Crippen LogP contribution in [0.25, 0.3) is 0 Å². The molecule has 0 fully saturated rings. The van der Waals surface area contributed by atoms with Gasteiger partial charge in [-0.3, -0.25) is 9.59 Å². The third kappa shape index (κ3) is 20.2. The lowest BCUT2D eigenvalue weighted by Gasteiger charge is -2.15. The summed E-state index contributed by atoms with van der Waals surface area (Å²) in [6.45, 7) is 3.94. The molecule has 5 heteroatoms. The van der Waals surface area contributed by atoms with E-state index in [1.54, 1.807) is 0 Å². The quantitative estimate of drug-likeness (QED) is 0.157. The van der Waals surface area contributed by atoms with Crippen molar-refractivity contribution in [3.63, 3.8) is 0 Å². The van der Waals surface area contributed by atoms with Crippen molar-refractivity contribution in [3.8, 4) is 0 Å². The maximum absolute atomic E-state index is 11.9. The Morgan fingerprint density at radius 2 is 1.03 bits per heavy atom. The van der Waals surface area contributed by atoms with Crippen LogP contribution >= 0.6 is 0 Å². The average molecular weight is 429 g/mol. The van der Waals surface area contributed by atoms with Gasteiger partial charge in [0.15, 0.2) is 6.10 Å². The fraction of sp³-hybridized carbons (Fsp3) is 0.920. The summed E-state index contributed by atoms with van der Waals surface area (Å²) in [4.78, 5) is 23.5. The maximum atomic E-state index is 11.9. The molecule has 0 saturated heterocycles. The van der Waals surface area contributed by atoms with Gasteiger partial charge in [0.1, 0.15) is 6.61 Å². The molecule has 0 amide bonds. The van der Waals surface area contributed by atoms with E-state index in [-0.39, 0.29) is 25.2 Å². The van der Waals surface area contributed by atoms with E-state index >= 15 is 0 Å². The fourth-order valence-corrected chi connectivity index (χ4v) is 3.43. The summed E-state index contributed by atoms with van der Waals surface area (Å²) in [5, 5.41) is 9.32. The van der Waals surface area contributed by atoms with E-state index in [0.717, 1.165) is 38.5 Å². The Labute approximate surface area is 185 Å². The Bertz CT molecular complexity index is 397. The average Bonchev–Trinajstić information content (AvgIpc) is 2.74. The van der Waals surface area contributed by atoms with Gasteiger partial charge in [0, 0.05) is 12.8 Å². The van der Waals surface area contributed by atoms with E-state index in [2.05, 4.69) is 13.8 Å². The second-order valence-corrected chi connectivity index (χ2v) is 8.43. The molecule has 0 aliphatic heterocycles. The molecular formula is C25H48O5. The molecule has 0 aromatic carbocycles. The maximum Gasteiger partial charge on any atom is 0.306 e. The minimum atomic E-state index is -0.755. The number of rotatable bonds is 22. The Morgan fingerprint density at radius 1 is 0.633 bits per heavy atom. The van der Waals surface area contributed by atoms with Crippen LogP contribution in [0, 0.1) is 0 Å². The molecular weight excluding hydrogens is 380 g/mol. The van der Waals surface area contributed by atoms with Gasteiger partial charge in [-0.1, -0.05) is 104 Å². The Balaban J connectivity index is 3.52. The lowest BCUT2D eigenvalue weighted by molar-refractivity contribution is -0.161. The highest BCUT2D eigenvalue weighted by Gasteiger charge is 2.15. The van der Waals surface area contributed by atoms with Gasteiger partial charge in [-0.25, -0.2) is 0 Å². The molecule has 0 heterocycles. The number of carbonyl (C=O) groups excluding carboxylic acids is 2. The first kappa shape index (κ1) is 28.9. The number of unbranched alkanes of at least 4 members (excludes halogenated alkanes) is 14. The summed E-state index contributed by atoms with van der Waals surface area (Å²) in [6, 6.07) is 0. The van der Waals surface area contributed by atoms with Gasteiger partial charge in [-0.05, 0) is 12.8 Å². The lowest BCUT2D eigenvalue weighted by atomic mass is 10.0. The van der Waals surface area contributed by atoms with Crippen molar-refractivity contribution in [3.05, 3.63) is 0 Å². The SMILES string of the molecule is CCCCCCCCCCCCCCCC(=O)OC(CO)COC(=O)CCCCC. The highest BCUT2D eigenvalue weighted by atomic mass is 16.6. The second-order valence-electron chi connectivity index (χ2n) is 8.43. The van der Waals surface area contributed by atoms with Crippen molar-refractivity contribution in [2.45, 2.75) is 136 Å². The van der Waals surface area contributed by atoms with Crippen LogP contribution in [-0.4, -0.2) is 36.4 Å². The van der Waals surface area contributed by atoms with Gasteiger partial charge in [0.25, 0.3) is 0 Å². The molecule has 0 spiro atoms. The topological polar surface area (TPSA) is 72.8 Å². The molecule has 0 aromatic heterocycles. The van der Waals surface area contributed by atoms with Gasteiger partial charge in [-0.2, -0.15) is 0 Å². The first-order valence-electron chi connectivity index (χ1n) is 12.6. The third-order valence-electron chi connectivity index (χ3n) is 5.40. The van der Waals surface area contributed by atoms with Crippen LogP contribution in [0.4, 0.5) is 0 Å². The largest absolute Gasteiger partial charge is 0.462 e. The van der Waals surface area contributed by atoms with Crippen molar-refractivity contribution < 1.29 is 24.2 Å². The molecule has 0 radical (unpaired) electrons. The van der Waals surface area contributed by atoms with Crippen LogP contribution in [0.1, 0.15) is 129 Å². The first-order valence-corrected chi connectivity index (χ1v) is 12.6.